The molecule has 0 fully saturated rings. The Morgan fingerprint density at radius 2 is 1.50 bits per heavy atom. The highest BCUT2D eigenvalue weighted by Gasteiger charge is 2.17. The van der Waals surface area contributed by atoms with Crippen molar-refractivity contribution >= 4 is 34.1 Å². The van der Waals surface area contributed by atoms with Crippen molar-refractivity contribution in [2.75, 3.05) is 13.1 Å². The van der Waals surface area contributed by atoms with E-state index < -0.39 is 6.10 Å². The first-order chi connectivity index (χ1) is 16.6. The van der Waals surface area contributed by atoms with Gasteiger partial charge < -0.3 is 10.4 Å². The Morgan fingerprint density at radius 3 is 2.18 bits per heavy atom. The number of benzene rings is 2. The summed E-state index contributed by atoms with van der Waals surface area (Å²) in [6.07, 6.45) is 12.5. The molecule has 1 aromatic heterocycles. The molecule has 1 atom stereocenters. The second kappa shape index (κ2) is 14.7. The Morgan fingerprint density at radius 1 is 0.853 bits per heavy atom. The van der Waals surface area contributed by atoms with Gasteiger partial charge in [0.05, 0.1) is 22.3 Å². The number of hydrogen-bond acceptors (Lipinski definition) is 3. The van der Waals surface area contributed by atoms with Crippen LogP contribution in [0.4, 0.5) is 0 Å². The van der Waals surface area contributed by atoms with Crippen molar-refractivity contribution in [3.8, 4) is 11.3 Å². The van der Waals surface area contributed by atoms with Crippen molar-refractivity contribution in [2.45, 2.75) is 77.2 Å². The van der Waals surface area contributed by atoms with Crippen LogP contribution in [0.5, 0.6) is 0 Å². The monoisotopic (exact) mass is 500 g/mol. The van der Waals surface area contributed by atoms with Gasteiger partial charge in [-0.05, 0) is 36.7 Å². The van der Waals surface area contributed by atoms with Crippen molar-refractivity contribution in [3.63, 3.8) is 0 Å². The molecule has 1 unspecified atom stereocenters. The number of aliphatic hydroxyl groups excluding tert-OH is 1. The van der Waals surface area contributed by atoms with Gasteiger partial charge in [-0.2, -0.15) is 0 Å². The molecule has 0 aliphatic heterocycles. The van der Waals surface area contributed by atoms with Gasteiger partial charge in [-0.25, -0.2) is 4.98 Å². The molecule has 0 saturated heterocycles. The van der Waals surface area contributed by atoms with Gasteiger partial charge >= 0.3 is 0 Å². The second-order valence-electron chi connectivity index (χ2n) is 9.15. The van der Waals surface area contributed by atoms with Crippen LogP contribution in [0.25, 0.3) is 22.2 Å². The summed E-state index contributed by atoms with van der Waals surface area (Å²) < 4.78 is 0. The lowest BCUT2D eigenvalue weighted by Crippen LogP contribution is -2.22. The molecule has 0 amide bonds. The first-order valence-electron chi connectivity index (χ1n) is 12.8. The van der Waals surface area contributed by atoms with Crippen LogP contribution in [0.1, 0.15) is 82.8 Å². The van der Waals surface area contributed by atoms with Crippen LogP contribution in [0.15, 0.2) is 48.5 Å². The summed E-state index contributed by atoms with van der Waals surface area (Å²) in [6.45, 7) is 3.65. The topological polar surface area (TPSA) is 45.1 Å². The summed E-state index contributed by atoms with van der Waals surface area (Å²) in [7, 11) is 0. The molecule has 0 aliphatic rings. The first-order valence-corrected chi connectivity index (χ1v) is 13.6. The highest BCUT2D eigenvalue weighted by Crippen LogP contribution is 2.34. The van der Waals surface area contributed by atoms with Crippen LogP contribution in [-0.4, -0.2) is 23.2 Å². The fraction of sp³-hybridized carbons (Fsp3) is 0.483. The molecule has 184 valence electrons. The predicted octanol–water partition coefficient (Wildman–Crippen LogP) is 8.75. The molecule has 34 heavy (non-hydrogen) atoms. The van der Waals surface area contributed by atoms with Gasteiger partial charge in [-0.1, -0.05) is 118 Å². The molecule has 0 radical (unpaired) electrons. The summed E-state index contributed by atoms with van der Waals surface area (Å²) >= 11 is 12.8. The summed E-state index contributed by atoms with van der Waals surface area (Å²) in [5.41, 5.74) is 3.24. The fourth-order valence-electron chi connectivity index (χ4n) is 4.40. The van der Waals surface area contributed by atoms with Crippen LogP contribution >= 0.6 is 23.2 Å². The molecule has 0 spiro atoms. The summed E-state index contributed by atoms with van der Waals surface area (Å²) in [6, 6.07) is 15.5. The van der Waals surface area contributed by atoms with Crippen molar-refractivity contribution in [3.05, 3.63) is 64.1 Å². The lowest BCUT2D eigenvalue weighted by molar-refractivity contribution is 0.176. The highest BCUT2D eigenvalue weighted by molar-refractivity contribution is 6.38. The van der Waals surface area contributed by atoms with E-state index in [4.69, 9.17) is 28.2 Å². The van der Waals surface area contributed by atoms with Gasteiger partial charge in [-0.15, -0.1) is 0 Å². The number of aromatic nitrogens is 1. The van der Waals surface area contributed by atoms with Crippen molar-refractivity contribution in [1.29, 1.82) is 0 Å². The maximum absolute atomic E-state index is 11.1. The van der Waals surface area contributed by atoms with Gasteiger partial charge in [0.25, 0.3) is 0 Å². The fourth-order valence-corrected chi connectivity index (χ4v) is 4.93. The standard InChI is InChI=1S/C29H38Cl2N2O/c1-2-3-4-5-6-7-8-9-10-14-17-32-21-28(34)24-20-27(22-15-12-11-13-16-22)33-29-25(24)18-23(30)19-26(29)31/h11-13,15-16,18-20,28,32,34H,2-10,14,17,21H2,1H3. The Bertz CT molecular complexity index is 1010. The first kappa shape index (κ1) is 26.9. The maximum Gasteiger partial charge on any atom is 0.0921 e. The normalized spacial score (nSPS) is 12.4. The van der Waals surface area contributed by atoms with E-state index in [1.807, 2.05) is 42.5 Å². The van der Waals surface area contributed by atoms with E-state index in [0.29, 0.717) is 22.1 Å². The molecule has 0 saturated carbocycles. The Labute approximate surface area is 214 Å². The molecule has 1 heterocycles. The lowest BCUT2D eigenvalue weighted by atomic mass is 10.00. The van der Waals surface area contributed by atoms with Gasteiger partial charge in [0.2, 0.25) is 0 Å². The Balaban J connectivity index is 1.53. The number of hydrogen-bond donors (Lipinski definition) is 2. The number of nitrogens with zero attached hydrogens (tertiary/aromatic N) is 1. The average Bonchev–Trinajstić information content (AvgIpc) is 2.84. The van der Waals surface area contributed by atoms with Crippen LogP contribution < -0.4 is 5.32 Å². The minimum absolute atomic E-state index is 0.481. The smallest absolute Gasteiger partial charge is 0.0921 e. The number of aliphatic hydroxyl groups is 1. The Hall–Kier alpha value is -1.65. The molecule has 3 rings (SSSR count). The van der Waals surface area contributed by atoms with E-state index in [9.17, 15) is 5.11 Å². The summed E-state index contributed by atoms with van der Waals surface area (Å²) in [5, 5.41) is 16.3. The number of halogens is 2. The number of pyridine rings is 1. The molecule has 0 aliphatic carbocycles. The van der Waals surface area contributed by atoms with Crippen LogP contribution in [0.3, 0.4) is 0 Å². The van der Waals surface area contributed by atoms with Crippen molar-refractivity contribution in [1.82, 2.24) is 10.3 Å². The predicted molar refractivity (Wildman–Crippen MR) is 147 cm³/mol. The molecular formula is C29H38Cl2N2O. The van der Waals surface area contributed by atoms with E-state index in [2.05, 4.69) is 12.2 Å². The van der Waals surface area contributed by atoms with E-state index in [0.717, 1.165) is 35.2 Å². The van der Waals surface area contributed by atoms with Gasteiger partial charge in [-0.3, -0.25) is 0 Å². The van der Waals surface area contributed by atoms with Crippen LogP contribution in [0.2, 0.25) is 10.0 Å². The SMILES string of the molecule is CCCCCCCCCCCCNCC(O)c1cc(-c2ccccc2)nc2c(Cl)cc(Cl)cc12. The zero-order valence-corrected chi connectivity index (χ0v) is 21.8. The number of rotatable bonds is 15. The second-order valence-corrected chi connectivity index (χ2v) is 9.99. The lowest BCUT2D eigenvalue weighted by Gasteiger charge is -2.17. The molecule has 3 nitrogen and oxygen atoms in total. The molecule has 3 aromatic rings. The number of fused-ring (bicyclic) bond motifs is 1. The van der Waals surface area contributed by atoms with Gasteiger partial charge in [0.15, 0.2) is 0 Å². The van der Waals surface area contributed by atoms with E-state index >= 15 is 0 Å². The van der Waals surface area contributed by atoms with Crippen molar-refractivity contribution in [2.24, 2.45) is 0 Å². The van der Waals surface area contributed by atoms with Crippen LogP contribution in [0, 0.1) is 0 Å². The highest BCUT2D eigenvalue weighted by atomic mass is 35.5. The zero-order chi connectivity index (χ0) is 24.2. The molecule has 2 aromatic carbocycles. The van der Waals surface area contributed by atoms with E-state index in [1.165, 1.54) is 57.8 Å². The molecular weight excluding hydrogens is 463 g/mol. The minimum Gasteiger partial charge on any atom is -0.387 e. The zero-order valence-electron chi connectivity index (χ0n) is 20.3. The molecule has 5 heteroatoms. The van der Waals surface area contributed by atoms with Crippen molar-refractivity contribution < 1.29 is 5.11 Å². The van der Waals surface area contributed by atoms with E-state index in [-0.39, 0.29) is 0 Å². The number of unbranched alkanes of at least 4 members (excludes halogenated alkanes) is 9. The summed E-state index contributed by atoms with van der Waals surface area (Å²) in [4.78, 5) is 4.77. The minimum atomic E-state index is -0.675. The summed E-state index contributed by atoms with van der Waals surface area (Å²) in [5.74, 6) is 0. The van der Waals surface area contributed by atoms with Crippen LogP contribution in [-0.2, 0) is 0 Å². The molecule has 2 N–H and O–H groups in total. The van der Waals surface area contributed by atoms with Gasteiger partial charge in [0.1, 0.15) is 0 Å². The average molecular weight is 502 g/mol. The number of nitrogens with one attached hydrogen (secondary N) is 1. The molecule has 0 bridgehead atoms. The van der Waals surface area contributed by atoms with Gasteiger partial charge in [0, 0.05) is 22.5 Å². The largest absolute Gasteiger partial charge is 0.387 e. The third-order valence-electron chi connectivity index (χ3n) is 6.34. The van der Waals surface area contributed by atoms with E-state index in [1.54, 1.807) is 6.07 Å². The quantitative estimate of drug-likeness (QED) is 0.205. The Kier molecular flexibility index (Phi) is 11.6. The maximum atomic E-state index is 11.1. The third-order valence-corrected chi connectivity index (χ3v) is 6.84. The third kappa shape index (κ3) is 8.23.